The molecule has 0 fully saturated rings. The van der Waals surface area contributed by atoms with Gasteiger partial charge in [0.2, 0.25) is 0 Å². The Bertz CT molecular complexity index is 661. The van der Waals surface area contributed by atoms with E-state index in [0.717, 1.165) is 4.47 Å². The largest absolute Gasteiger partial charge is 0.321 e. The quantitative estimate of drug-likeness (QED) is 0.906. The predicted molar refractivity (Wildman–Crippen MR) is 83.3 cm³/mol. The van der Waals surface area contributed by atoms with Crippen molar-refractivity contribution in [3.63, 3.8) is 0 Å². The minimum Gasteiger partial charge on any atom is -0.321 e. The topological polar surface area (TPSA) is 54.9 Å². The number of hydrogen-bond donors (Lipinski definition) is 1. The molecule has 0 saturated heterocycles. The number of halogens is 2. The van der Waals surface area contributed by atoms with Crippen LogP contribution in [0, 0.1) is 6.92 Å². The second kappa shape index (κ2) is 6.33. The van der Waals surface area contributed by atoms with Crippen molar-refractivity contribution >= 4 is 39.1 Å². The molecule has 0 aliphatic carbocycles. The molecular weight excluding hydrogens is 342 g/mol. The summed E-state index contributed by atoms with van der Waals surface area (Å²) >= 11 is 9.42. The van der Waals surface area contributed by atoms with Crippen LogP contribution in [0.25, 0.3) is 0 Å². The summed E-state index contributed by atoms with van der Waals surface area (Å²) in [5.41, 5.74) is 2.45. The summed E-state index contributed by atoms with van der Waals surface area (Å²) < 4.78 is 0.844. The molecule has 0 aliphatic rings. The van der Waals surface area contributed by atoms with E-state index in [2.05, 4.69) is 31.4 Å². The van der Waals surface area contributed by atoms with E-state index >= 15 is 0 Å². The molecule has 1 N–H and O–H groups in total. The molecule has 1 aromatic carbocycles. The smallest absolute Gasteiger partial charge is 0.257 e. The summed E-state index contributed by atoms with van der Waals surface area (Å²) in [5.74, 6) is -0.236. The first kappa shape index (κ1) is 14.9. The van der Waals surface area contributed by atoms with Crippen LogP contribution in [0.3, 0.4) is 0 Å². The number of nitrogens with zero attached hydrogens (tertiary/aromatic N) is 2. The van der Waals surface area contributed by atoms with Crippen LogP contribution in [0.15, 0.2) is 28.7 Å². The summed E-state index contributed by atoms with van der Waals surface area (Å²) in [6.45, 7) is 3.73. The number of hydrogen-bond acceptors (Lipinski definition) is 3. The molecule has 2 aromatic rings. The van der Waals surface area contributed by atoms with E-state index in [-0.39, 0.29) is 5.91 Å². The van der Waals surface area contributed by atoms with Gasteiger partial charge in [0.1, 0.15) is 0 Å². The van der Waals surface area contributed by atoms with Crippen LogP contribution in [0.5, 0.6) is 0 Å². The van der Waals surface area contributed by atoms with Gasteiger partial charge in [0.15, 0.2) is 0 Å². The normalized spacial score (nSPS) is 10.4. The van der Waals surface area contributed by atoms with Crippen molar-refractivity contribution < 1.29 is 4.79 Å². The van der Waals surface area contributed by atoms with Crippen LogP contribution in [0.2, 0.25) is 5.02 Å². The van der Waals surface area contributed by atoms with Crippen molar-refractivity contribution in [2.24, 2.45) is 0 Å². The Morgan fingerprint density at radius 2 is 2.10 bits per heavy atom. The molecule has 20 heavy (non-hydrogen) atoms. The maximum Gasteiger partial charge on any atom is 0.257 e. The van der Waals surface area contributed by atoms with E-state index in [4.69, 9.17) is 11.6 Å². The highest BCUT2D eigenvalue weighted by Gasteiger charge is 2.14. The Balaban J connectivity index is 2.32. The minimum absolute atomic E-state index is 0.236. The summed E-state index contributed by atoms with van der Waals surface area (Å²) in [6.07, 6.45) is 0.641. The van der Waals surface area contributed by atoms with Gasteiger partial charge < -0.3 is 5.32 Å². The molecule has 0 spiro atoms. The lowest BCUT2D eigenvalue weighted by molar-refractivity contribution is 0.102. The first-order valence-electron chi connectivity index (χ1n) is 6.11. The van der Waals surface area contributed by atoms with E-state index in [1.807, 2.05) is 13.0 Å². The Labute approximate surface area is 130 Å². The highest BCUT2D eigenvalue weighted by Crippen LogP contribution is 2.26. The number of carbonyl (C=O) groups excluding carboxylic acids is 1. The fourth-order valence-electron chi connectivity index (χ4n) is 1.75. The van der Waals surface area contributed by atoms with Gasteiger partial charge in [0.25, 0.3) is 5.91 Å². The zero-order chi connectivity index (χ0) is 14.7. The van der Waals surface area contributed by atoms with Crippen LogP contribution in [-0.2, 0) is 6.42 Å². The number of aryl methyl sites for hydroxylation is 2. The number of aromatic nitrogens is 2. The molecule has 0 bridgehead atoms. The second-order valence-corrected chi connectivity index (χ2v) is 5.60. The molecule has 1 amide bonds. The molecule has 0 radical (unpaired) electrons. The molecule has 0 atom stereocenters. The molecule has 0 aliphatic heterocycles. The number of rotatable bonds is 3. The summed E-state index contributed by atoms with van der Waals surface area (Å²) in [7, 11) is 0. The summed E-state index contributed by atoms with van der Waals surface area (Å²) in [5, 5.41) is 11.3. The van der Waals surface area contributed by atoms with Crippen molar-refractivity contribution in [3.05, 3.63) is 50.7 Å². The van der Waals surface area contributed by atoms with Gasteiger partial charge in [-0.2, -0.15) is 10.2 Å². The molecule has 4 nitrogen and oxygen atoms in total. The number of amides is 1. The monoisotopic (exact) mass is 353 g/mol. The molecule has 104 valence electrons. The summed E-state index contributed by atoms with van der Waals surface area (Å²) in [6, 6.07) is 7.02. The van der Waals surface area contributed by atoms with Gasteiger partial charge >= 0.3 is 0 Å². The standard InChI is InChI=1S/C14H13BrClN3O/c1-3-12-10(6-8(2)18-19-12)14(20)17-13-7-9(15)4-5-11(13)16/h4-7H,3H2,1-2H3,(H,17,20). The first-order valence-corrected chi connectivity index (χ1v) is 7.28. The van der Waals surface area contributed by atoms with Gasteiger partial charge in [-0.15, -0.1) is 0 Å². The Hall–Kier alpha value is -1.46. The fourth-order valence-corrected chi connectivity index (χ4v) is 2.28. The maximum atomic E-state index is 12.4. The lowest BCUT2D eigenvalue weighted by atomic mass is 10.1. The van der Waals surface area contributed by atoms with Crippen LogP contribution >= 0.6 is 27.5 Å². The molecule has 0 unspecified atom stereocenters. The Kier molecular flexibility index (Phi) is 4.73. The van der Waals surface area contributed by atoms with Gasteiger partial charge in [-0.05, 0) is 37.6 Å². The van der Waals surface area contributed by atoms with Gasteiger partial charge in [0, 0.05) is 4.47 Å². The van der Waals surface area contributed by atoms with Gasteiger partial charge in [0.05, 0.1) is 27.7 Å². The lowest BCUT2D eigenvalue weighted by Gasteiger charge is -2.10. The highest BCUT2D eigenvalue weighted by molar-refractivity contribution is 9.10. The Morgan fingerprint density at radius 1 is 1.35 bits per heavy atom. The van der Waals surface area contributed by atoms with Crippen molar-refractivity contribution in [1.29, 1.82) is 0 Å². The maximum absolute atomic E-state index is 12.4. The summed E-state index contributed by atoms with van der Waals surface area (Å²) in [4.78, 5) is 12.4. The third-order valence-corrected chi connectivity index (χ3v) is 3.57. The number of nitrogens with one attached hydrogen (secondary N) is 1. The zero-order valence-corrected chi connectivity index (χ0v) is 13.4. The molecule has 1 aromatic heterocycles. The van der Waals surface area contributed by atoms with E-state index in [1.165, 1.54) is 0 Å². The van der Waals surface area contributed by atoms with Gasteiger partial charge in [-0.25, -0.2) is 0 Å². The predicted octanol–water partition coefficient (Wildman–Crippen LogP) is 4.02. The Morgan fingerprint density at radius 3 is 2.80 bits per heavy atom. The zero-order valence-electron chi connectivity index (χ0n) is 11.1. The average molecular weight is 355 g/mol. The second-order valence-electron chi connectivity index (χ2n) is 4.28. The van der Waals surface area contributed by atoms with Crippen molar-refractivity contribution in [1.82, 2.24) is 10.2 Å². The number of carbonyl (C=O) groups is 1. The van der Waals surface area contributed by atoms with Crippen molar-refractivity contribution in [2.45, 2.75) is 20.3 Å². The van der Waals surface area contributed by atoms with E-state index in [9.17, 15) is 4.79 Å². The molecular formula is C14H13BrClN3O. The SMILES string of the molecule is CCc1nnc(C)cc1C(=O)Nc1cc(Br)ccc1Cl. The van der Waals surface area contributed by atoms with Crippen LogP contribution < -0.4 is 5.32 Å². The molecule has 6 heteroatoms. The van der Waals surface area contributed by atoms with Crippen molar-refractivity contribution in [2.75, 3.05) is 5.32 Å². The number of benzene rings is 1. The first-order chi connectivity index (χ1) is 9.51. The molecule has 0 saturated carbocycles. The third-order valence-electron chi connectivity index (χ3n) is 2.75. The molecule has 2 rings (SSSR count). The van der Waals surface area contributed by atoms with Crippen LogP contribution in [0.1, 0.15) is 28.7 Å². The van der Waals surface area contributed by atoms with E-state index in [0.29, 0.717) is 34.1 Å². The fraction of sp³-hybridized carbons (Fsp3) is 0.214. The van der Waals surface area contributed by atoms with Crippen LogP contribution in [-0.4, -0.2) is 16.1 Å². The average Bonchev–Trinajstić information content (AvgIpc) is 2.42. The van der Waals surface area contributed by atoms with Crippen LogP contribution in [0.4, 0.5) is 5.69 Å². The third kappa shape index (κ3) is 3.35. The molecule has 1 heterocycles. The van der Waals surface area contributed by atoms with Gasteiger partial charge in [-0.1, -0.05) is 34.5 Å². The minimum atomic E-state index is -0.236. The van der Waals surface area contributed by atoms with Crippen molar-refractivity contribution in [3.8, 4) is 0 Å². The highest BCUT2D eigenvalue weighted by atomic mass is 79.9. The number of anilines is 1. The van der Waals surface area contributed by atoms with E-state index in [1.54, 1.807) is 25.1 Å². The van der Waals surface area contributed by atoms with E-state index < -0.39 is 0 Å². The van der Waals surface area contributed by atoms with Gasteiger partial charge in [-0.3, -0.25) is 4.79 Å². The lowest BCUT2D eigenvalue weighted by Crippen LogP contribution is -2.16.